The summed E-state index contributed by atoms with van der Waals surface area (Å²) in [7, 11) is 0. The second-order valence-electron chi connectivity index (χ2n) is 5.37. The van der Waals surface area contributed by atoms with Crippen LogP contribution < -0.4 is 5.73 Å². The maximum Gasteiger partial charge on any atom is 0.0480 e. The first-order valence-electron chi connectivity index (χ1n) is 6.26. The highest BCUT2D eigenvalue weighted by molar-refractivity contribution is 4.91. The highest BCUT2D eigenvalue weighted by atomic mass is 16.5. The molecule has 0 amide bonds. The number of hydrogen-bond acceptors (Lipinski definition) is 3. The van der Waals surface area contributed by atoms with Gasteiger partial charge in [0.05, 0.1) is 0 Å². The van der Waals surface area contributed by atoms with Gasteiger partial charge in [-0.1, -0.05) is 13.8 Å². The fourth-order valence-electron chi connectivity index (χ4n) is 2.94. The standard InChI is InChI=1S/C12H24N2O/c1-9(2)11-7-14(8-12(11)13)10-3-5-15-6-4-10/h9-12H,3-8,13H2,1-2H3/t11-,12+/m0/s1. The summed E-state index contributed by atoms with van der Waals surface area (Å²) in [6.07, 6.45) is 2.38. The molecule has 15 heavy (non-hydrogen) atoms. The van der Waals surface area contributed by atoms with Crippen molar-refractivity contribution in [2.45, 2.75) is 38.8 Å². The van der Waals surface area contributed by atoms with Gasteiger partial charge in [0.25, 0.3) is 0 Å². The molecule has 0 bridgehead atoms. The molecule has 2 atom stereocenters. The van der Waals surface area contributed by atoms with Crippen molar-refractivity contribution in [3.8, 4) is 0 Å². The SMILES string of the molecule is CC(C)[C@@H]1CN(C2CCOCC2)C[C@H]1N. The summed E-state index contributed by atoms with van der Waals surface area (Å²) >= 11 is 0. The summed E-state index contributed by atoms with van der Waals surface area (Å²) in [6.45, 7) is 8.73. The molecular formula is C12H24N2O. The van der Waals surface area contributed by atoms with Gasteiger partial charge in [0.2, 0.25) is 0 Å². The van der Waals surface area contributed by atoms with Crippen LogP contribution in [-0.2, 0) is 4.74 Å². The van der Waals surface area contributed by atoms with Crippen LogP contribution in [0.4, 0.5) is 0 Å². The van der Waals surface area contributed by atoms with Gasteiger partial charge in [-0.25, -0.2) is 0 Å². The van der Waals surface area contributed by atoms with Crippen molar-refractivity contribution in [1.29, 1.82) is 0 Å². The zero-order valence-electron chi connectivity index (χ0n) is 9.98. The minimum Gasteiger partial charge on any atom is -0.381 e. The van der Waals surface area contributed by atoms with Crippen LogP contribution in [0.5, 0.6) is 0 Å². The Morgan fingerprint density at radius 1 is 1.20 bits per heavy atom. The molecule has 3 heteroatoms. The third-order valence-electron chi connectivity index (χ3n) is 4.00. The highest BCUT2D eigenvalue weighted by Crippen LogP contribution is 2.27. The second kappa shape index (κ2) is 4.81. The van der Waals surface area contributed by atoms with Crippen LogP contribution in [0, 0.1) is 11.8 Å². The Balaban J connectivity index is 1.89. The number of hydrogen-bond donors (Lipinski definition) is 1. The second-order valence-corrected chi connectivity index (χ2v) is 5.37. The largest absolute Gasteiger partial charge is 0.381 e. The highest BCUT2D eigenvalue weighted by Gasteiger charge is 2.35. The molecule has 0 saturated carbocycles. The molecular weight excluding hydrogens is 188 g/mol. The molecule has 0 radical (unpaired) electrons. The van der Waals surface area contributed by atoms with Gasteiger partial charge < -0.3 is 10.5 Å². The van der Waals surface area contributed by atoms with Gasteiger partial charge in [-0.3, -0.25) is 4.90 Å². The summed E-state index contributed by atoms with van der Waals surface area (Å²) < 4.78 is 5.40. The van der Waals surface area contributed by atoms with Crippen molar-refractivity contribution in [2.75, 3.05) is 26.3 Å². The van der Waals surface area contributed by atoms with Crippen molar-refractivity contribution < 1.29 is 4.74 Å². The molecule has 2 fully saturated rings. The summed E-state index contributed by atoms with van der Waals surface area (Å²) in [5.41, 5.74) is 6.20. The summed E-state index contributed by atoms with van der Waals surface area (Å²) in [6, 6.07) is 1.11. The first kappa shape index (κ1) is 11.4. The van der Waals surface area contributed by atoms with Crippen molar-refractivity contribution in [1.82, 2.24) is 4.90 Å². The zero-order chi connectivity index (χ0) is 10.8. The van der Waals surface area contributed by atoms with Crippen LogP contribution in [-0.4, -0.2) is 43.3 Å². The van der Waals surface area contributed by atoms with E-state index in [-0.39, 0.29) is 0 Å². The van der Waals surface area contributed by atoms with E-state index in [9.17, 15) is 0 Å². The van der Waals surface area contributed by atoms with Crippen molar-refractivity contribution in [2.24, 2.45) is 17.6 Å². The summed E-state index contributed by atoms with van der Waals surface area (Å²) in [5, 5.41) is 0. The van der Waals surface area contributed by atoms with E-state index in [4.69, 9.17) is 10.5 Å². The van der Waals surface area contributed by atoms with Gasteiger partial charge in [-0.15, -0.1) is 0 Å². The van der Waals surface area contributed by atoms with Gasteiger partial charge in [0.15, 0.2) is 0 Å². The molecule has 2 saturated heterocycles. The lowest BCUT2D eigenvalue weighted by atomic mass is 9.92. The number of rotatable bonds is 2. The molecule has 2 rings (SSSR count). The lowest BCUT2D eigenvalue weighted by Crippen LogP contribution is -2.39. The third kappa shape index (κ3) is 2.52. The van der Waals surface area contributed by atoms with Gasteiger partial charge in [-0.2, -0.15) is 0 Å². The van der Waals surface area contributed by atoms with Crippen LogP contribution in [0.25, 0.3) is 0 Å². The van der Waals surface area contributed by atoms with Crippen LogP contribution in [0.3, 0.4) is 0 Å². The fraction of sp³-hybridized carbons (Fsp3) is 1.00. The lowest BCUT2D eigenvalue weighted by Gasteiger charge is -2.31. The van der Waals surface area contributed by atoms with Crippen LogP contribution in [0.2, 0.25) is 0 Å². The van der Waals surface area contributed by atoms with Crippen LogP contribution in [0.1, 0.15) is 26.7 Å². The molecule has 3 nitrogen and oxygen atoms in total. The maximum atomic E-state index is 6.20. The predicted octanol–water partition coefficient (Wildman–Crippen LogP) is 1.08. The Kier molecular flexibility index (Phi) is 3.65. The lowest BCUT2D eigenvalue weighted by molar-refractivity contribution is 0.0403. The van der Waals surface area contributed by atoms with Gasteiger partial charge in [-0.05, 0) is 24.7 Å². The Hall–Kier alpha value is -0.120. The molecule has 0 spiro atoms. The quantitative estimate of drug-likeness (QED) is 0.744. The third-order valence-corrected chi connectivity index (χ3v) is 4.00. The van der Waals surface area contributed by atoms with E-state index in [2.05, 4.69) is 18.7 Å². The van der Waals surface area contributed by atoms with Crippen LogP contribution >= 0.6 is 0 Å². The molecule has 2 aliphatic heterocycles. The van der Waals surface area contributed by atoms with Crippen molar-refractivity contribution in [3.63, 3.8) is 0 Å². The van der Waals surface area contributed by atoms with E-state index in [0.29, 0.717) is 17.9 Å². The van der Waals surface area contributed by atoms with Gasteiger partial charge in [0, 0.05) is 38.4 Å². The zero-order valence-corrected chi connectivity index (χ0v) is 9.98. The summed E-state index contributed by atoms with van der Waals surface area (Å²) in [4.78, 5) is 2.60. The molecule has 2 aliphatic rings. The number of likely N-dealkylation sites (tertiary alicyclic amines) is 1. The van der Waals surface area contributed by atoms with Crippen molar-refractivity contribution >= 4 is 0 Å². The molecule has 88 valence electrons. The molecule has 2 heterocycles. The Labute approximate surface area is 93.0 Å². The Bertz CT molecular complexity index is 202. The topological polar surface area (TPSA) is 38.5 Å². The smallest absolute Gasteiger partial charge is 0.0480 e. The van der Waals surface area contributed by atoms with E-state index >= 15 is 0 Å². The normalized spacial score (nSPS) is 35.2. The molecule has 0 unspecified atom stereocenters. The van der Waals surface area contributed by atoms with Gasteiger partial charge >= 0.3 is 0 Å². The minimum atomic E-state index is 0.382. The van der Waals surface area contributed by atoms with E-state index in [1.54, 1.807) is 0 Å². The number of ether oxygens (including phenoxy) is 1. The molecule has 0 aromatic rings. The molecule has 0 aliphatic carbocycles. The number of nitrogens with zero attached hydrogens (tertiary/aromatic N) is 1. The Morgan fingerprint density at radius 3 is 2.40 bits per heavy atom. The molecule has 0 aromatic heterocycles. The Morgan fingerprint density at radius 2 is 1.87 bits per heavy atom. The van der Waals surface area contributed by atoms with Crippen molar-refractivity contribution in [3.05, 3.63) is 0 Å². The first-order valence-corrected chi connectivity index (χ1v) is 6.26. The minimum absolute atomic E-state index is 0.382. The number of nitrogens with two attached hydrogens (primary N) is 1. The van der Waals surface area contributed by atoms with E-state index in [0.717, 1.165) is 25.8 Å². The van der Waals surface area contributed by atoms with E-state index in [1.165, 1.54) is 19.4 Å². The predicted molar refractivity (Wildman–Crippen MR) is 61.7 cm³/mol. The van der Waals surface area contributed by atoms with E-state index < -0.39 is 0 Å². The molecule has 2 N–H and O–H groups in total. The molecule has 0 aromatic carbocycles. The average Bonchev–Trinajstić information content (AvgIpc) is 2.62. The van der Waals surface area contributed by atoms with Crippen LogP contribution in [0.15, 0.2) is 0 Å². The fourth-order valence-corrected chi connectivity index (χ4v) is 2.94. The maximum absolute atomic E-state index is 6.20. The summed E-state index contributed by atoms with van der Waals surface area (Å²) in [5.74, 6) is 1.40. The average molecular weight is 212 g/mol. The first-order chi connectivity index (χ1) is 7.18. The van der Waals surface area contributed by atoms with E-state index in [1.807, 2.05) is 0 Å². The van der Waals surface area contributed by atoms with Gasteiger partial charge in [0.1, 0.15) is 0 Å². The monoisotopic (exact) mass is 212 g/mol.